The minimum absolute atomic E-state index is 0.133. The van der Waals surface area contributed by atoms with Gasteiger partial charge in [0.25, 0.3) is 0 Å². The quantitative estimate of drug-likeness (QED) is 0.849. The van der Waals surface area contributed by atoms with E-state index in [0.29, 0.717) is 11.9 Å². The molecule has 23 heavy (non-hydrogen) atoms. The summed E-state index contributed by atoms with van der Waals surface area (Å²) in [6.07, 6.45) is 2.31. The third-order valence-corrected chi connectivity index (χ3v) is 4.52. The number of Topliss-reactive ketones (excluding diaryl/α,β-unsaturated/α-hetero) is 1. The molecule has 124 valence electrons. The van der Waals surface area contributed by atoms with Crippen molar-refractivity contribution in [3.05, 3.63) is 40.9 Å². The lowest BCUT2D eigenvalue weighted by molar-refractivity contribution is -0.116. The number of aliphatic hydroxyl groups is 1. The van der Waals surface area contributed by atoms with E-state index in [0.717, 1.165) is 11.1 Å². The average Bonchev–Trinajstić information content (AvgIpc) is 2.66. The summed E-state index contributed by atoms with van der Waals surface area (Å²) >= 11 is 0. The van der Waals surface area contributed by atoms with E-state index in [1.54, 1.807) is 6.92 Å². The van der Waals surface area contributed by atoms with Crippen LogP contribution in [-0.2, 0) is 20.5 Å². The van der Waals surface area contributed by atoms with Crippen molar-refractivity contribution in [1.29, 1.82) is 0 Å². The van der Waals surface area contributed by atoms with Gasteiger partial charge in [-0.2, -0.15) is 0 Å². The summed E-state index contributed by atoms with van der Waals surface area (Å²) in [5.41, 5.74) is 1.74. The molecule has 0 bridgehead atoms. The van der Waals surface area contributed by atoms with E-state index >= 15 is 0 Å². The van der Waals surface area contributed by atoms with Gasteiger partial charge in [0, 0.05) is 6.42 Å². The highest BCUT2D eigenvalue weighted by atomic mass is 16.7. The lowest BCUT2D eigenvalue weighted by Crippen LogP contribution is -2.41. The zero-order valence-corrected chi connectivity index (χ0v) is 14.6. The molecule has 0 spiro atoms. The monoisotopic (exact) mass is 316 g/mol. The molecule has 0 radical (unpaired) electrons. The minimum atomic E-state index is -0.554. The molecule has 1 saturated heterocycles. The summed E-state index contributed by atoms with van der Waals surface area (Å²) in [5.74, 6) is 0.140. The lowest BCUT2D eigenvalue weighted by atomic mass is 9.77. The van der Waals surface area contributed by atoms with E-state index in [9.17, 15) is 9.90 Å². The molecule has 1 aromatic rings. The van der Waals surface area contributed by atoms with Crippen LogP contribution in [0.15, 0.2) is 29.7 Å². The van der Waals surface area contributed by atoms with Crippen LogP contribution < -0.4 is 0 Å². The molecule has 1 heterocycles. The number of carbonyl (C=O) groups is 1. The van der Waals surface area contributed by atoms with Crippen LogP contribution in [0.2, 0.25) is 0 Å². The molecule has 5 heteroatoms. The molecule has 0 atom stereocenters. The summed E-state index contributed by atoms with van der Waals surface area (Å²) < 4.78 is 11.9. The van der Waals surface area contributed by atoms with Gasteiger partial charge in [-0.3, -0.25) is 4.79 Å². The first kappa shape index (κ1) is 17.9. The number of aliphatic hydroxyl groups excluding tert-OH is 1. The first-order chi connectivity index (χ1) is 10.6. The molecule has 2 rings (SSSR count). The molecule has 1 fully saturated rings. The van der Waals surface area contributed by atoms with Crippen LogP contribution >= 0.6 is 0 Å². The number of hydrogen-bond acceptors (Lipinski definition) is 4. The largest absolute Gasteiger partial charge is 0.492 e. The van der Waals surface area contributed by atoms with Crippen molar-refractivity contribution in [2.45, 2.75) is 52.2 Å². The van der Waals surface area contributed by atoms with Crippen LogP contribution in [0.3, 0.4) is 0 Å². The van der Waals surface area contributed by atoms with Gasteiger partial charge < -0.3 is 14.4 Å². The summed E-state index contributed by atoms with van der Waals surface area (Å²) in [5, 5.41) is 9.69. The lowest BCUT2D eigenvalue weighted by Gasteiger charge is -2.32. The first-order valence-electron chi connectivity index (χ1n) is 7.90. The van der Waals surface area contributed by atoms with E-state index in [2.05, 4.69) is 0 Å². The van der Waals surface area contributed by atoms with Crippen LogP contribution in [0.25, 0.3) is 6.08 Å². The Bertz CT molecular complexity index is 586. The average molecular weight is 316 g/mol. The van der Waals surface area contributed by atoms with Crippen molar-refractivity contribution in [2.24, 2.45) is 0 Å². The molecule has 1 aliphatic heterocycles. The Hall–Kier alpha value is -1.43. The summed E-state index contributed by atoms with van der Waals surface area (Å²) in [4.78, 5) is 11.1. The van der Waals surface area contributed by atoms with Gasteiger partial charge in [-0.15, -0.1) is 0 Å². The molecule has 1 aromatic carbocycles. The summed E-state index contributed by atoms with van der Waals surface area (Å²) in [7, 11) is -0.554. The van der Waals surface area contributed by atoms with Gasteiger partial charge in [0.05, 0.1) is 17.8 Å². The van der Waals surface area contributed by atoms with Crippen molar-refractivity contribution in [2.75, 3.05) is 6.61 Å². The van der Waals surface area contributed by atoms with Crippen molar-refractivity contribution in [3.8, 4) is 0 Å². The van der Waals surface area contributed by atoms with E-state index in [1.165, 1.54) is 0 Å². The van der Waals surface area contributed by atoms with Gasteiger partial charge in [0.1, 0.15) is 5.78 Å². The molecule has 0 aromatic heterocycles. The second-order valence-corrected chi connectivity index (χ2v) is 7.09. The Morgan fingerprint density at radius 1 is 1.13 bits per heavy atom. The van der Waals surface area contributed by atoms with Gasteiger partial charge in [-0.25, -0.2) is 0 Å². The van der Waals surface area contributed by atoms with Crippen LogP contribution in [0.4, 0.5) is 0 Å². The normalized spacial score (nSPS) is 19.9. The molecular formula is C18H25BO4. The molecule has 1 aliphatic rings. The summed E-state index contributed by atoms with van der Waals surface area (Å²) in [6, 6.07) is 7.71. The molecule has 0 amide bonds. The van der Waals surface area contributed by atoms with Crippen molar-refractivity contribution >= 4 is 19.0 Å². The Balaban J connectivity index is 2.18. The molecule has 0 aliphatic carbocycles. The smallest absolute Gasteiger partial charge is 0.400 e. The number of hydrogen-bond donors (Lipinski definition) is 1. The van der Waals surface area contributed by atoms with Crippen LogP contribution in [0.5, 0.6) is 0 Å². The number of rotatable bonds is 5. The van der Waals surface area contributed by atoms with E-state index in [1.807, 2.05) is 58.0 Å². The van der Waals surface area contributed by atoms with Gasteiger partial charge in [-0.05, 0) is 51.2 Å². The summed E-state index contributed by atoms with van der Waals surface area (Å²) in [6.45, 7) is 9.39. The molecule has 0 saturated carbocycles. The molecule has 0 unspecified atom stereocenters. The molecular weight excluding hydrogens is 291 g/mol. The number of ketones is 1. The maximum Gasteiger partial charge on any atom is 0.492 e. The maximum absolute atomic E-state index is 11.1. The minimum Gasteiger partial charge on any atom is -0.400 e. The maximum atomic E-state index is 11.1. The second kappa shape index (κ2) is 6.60. The van der Waals surface area contributed by atoms with Crippen molar-refractivity contribution in [3.63, 3.8) is 0 Å². The highest BCUT2D eigenvalue weighted by Crippen LogP contribution is 2.38. The van der Waals surface area contributed by atoms with Crippen LogP contribution in [-0.4, -0.2) is 35.8 Å². The highest BCUT2D eigenvalue weighted by Gasteiger charge is 2.52. The zero-order valence-electron chi connectivity index (χ0n) is 14.6. The molecule has 1 N–H and O–H groups in total. The van der Waals surface area contributed by atoms with Gasteiger partial charge in [0.15, 0.2) is 0 Å². The highest BCUT2D eigenvalue weighted by molar-refractivity contribution is 6.55. The third kappa shape index (κ3) is 4.11. The Morgan fingerprint density at radius 3 is 2.09 bits per heavy atom. The van der Waals surface area contributed by atoms with Crippen LogP contribution in [0.1, 0.15) is 45.7 Å². The topological polar surface area (TPSA) is 55.8 Å². The van der Waals surface area contributed by atoms with Crippen molar-refractivity contribution in [1.82, 2.24) is 0 Å². The van der Waals surface area contributed by atoms with Crippen LogP contribution in [0, 0.1) is 0 Å². The van der Waals surface area contributed by atoms with Gasteiger partial charge in [-0.1, -0.05) is 30.3 Å². The zero-order chi connectivity index (χ0) is 17.3. The second-order valence-electron chi connectivity index (χ2n) is 7.09. The fourth-order valence-corrected chi connectivity index (χ4v) is 2.42. The van der Waals surface area contributed by atoms with E-state index in [-0.39, 0.29) is 12.4 Å². The fraction of sp³-hybridized carbons (Fsp3) is 0.500. The van der Waals surface area contributed by atoms with Crippen molar-refractivity contribution < 1.29 is 19.2 Å². The third-order valence-electron chi connectivity index (χ3n) is 4.52. The SMILES string of the molecule is CC(=O)Cc1ccc(C=C(CO)B2OC(C)(C)C(C)(C)O2)cc1. The predicted molar refractivity (Wildman–Crippen MR) is 92.0 cm³/mol. The van der Waals surface area contributed by atoms with Gasteiger partial charge in [0.2, 0.25) is 0 Å². The Morgan fingerprint density at radius 2 is 1.65 bits per heavy atom. The Labute approximate surface area is 138 Å². The fourth-order valence-electron chi connectivity index (χ4n) is 2.42. The number of carbonyl (C=O) groups excluding carboxylic acids is 1. The first-order valence-corrected chi connectivity index (χ1v) is 7.90. The van der Waals surface area contributed by atoms with Gasteiger partial charge >= 0.3 is 7.12 Å². The van der Waals surface area contributed by atoms with E-state index in [4.69, 9.17) is 9.31 Å². The van der Waals surface area contributed by atoms with E-state index < -0.39 is 18.3 Å². The number of benzene rings is 1. The predicted octanol–water partition coefficient (Wildman–Crippen LogP) is 2.83. The molecule has 4 nitrogen and oxygen atoms in total. The standard InChI is InChI=1S/C18H25BO4/c1-13(21)10-14-6-8-15(9-7-14)11-16(12-20)19-22-17(2,3)18(4,5)23-19/h6-9,11,20H,10,12H2,1-5H3. The Kier molecular flexibility index (Phi) is 5.14.